The van der Waals surface area contributed by atoms with E-state index in [-0.39, 0.29) is 19.7 Å². The molecule has 0 spiro atoms. The topological polar surface area (TPSA) is 84.2 Å². The molecule has 0 aliphatic heterocycles. The molecule has 1 atom stereocenters. The molecular weight excluding hydrogens is 200 g/mol. The summed E-state index contributed by atoms with van der Waals surface area (Å²) in [5, 5.41) is 26.5. The van der Waals surface area contributed by atoms with E-state index in [1.807, 2.05) is 19.0 Å². The average molecular weight is 220 g/mol. The minimum absolute atomic E-state index is 0.120. The summed E-state index contributed by atoms with van der Waals surface area (Å²) < 4.78 is 0. The van der Waals surface area contributed by atoms with Crippen LogP contribution in [0.5, 0.6) is 0 Å². The van der Waals surface area contributed by atoms with Gasteiger partial charge in [-0.3, -0.25) is 9.69 Å². The molecule has 1 unspecified atom stereocenters. The van der Waals surface area contributed by atoms with Gasteiger partial charge in [-0.1, -0.05) is 0 Å². The normalized spacial score (nSPS) is 13.5. The van der Waals surface area contributed by atoms with E-state index in [1.165, 1.54) is 0 Å². The number of aliphatic hydroxyl groups is 2. The Kier molecular flexibility index (Phi) is 7.23. The highest BCUT2D eigenvalue weighted by Crippen LogP contribution is 1.93. The summed E-state index contributed by atoms with van der Waals surface area (Å²) >= 11 is 0. The summed E-state index contributed by atoms with van der Waals surface area (Å²) in [6, 6.07) is 0. The number of hydrogen-bond donors (Lipinski definition) is 3. The van der Waals surface area contributed by atoms with Gasteiger partial charge in [0.1, 0.15) is 0 Å². The largest absolute Gasteiger partial charge is 0.480 e. The molecule has 0 saturated carbocycles. The molecule has 90 valence electrons. The Morgan fingerprint density at radius 3 is 2.33 bits per heavy atom. The van der Waals surface area contributed by atoms with Crippen LogP contribution >= 0.6 is 0 Å². The van der Waals surface area contributed by atoms with Crippen LogP contribution in [-0.2, 0) is 4.79 Å². The number of nitrogens with zero attached hydrogens (tertiary/aromatic N) is 2. The zero-order valence-electron chi connectivity index (χ0n) is 9.26. The van der Waals surface area contributed by atoms with Gasteiger partial charge in [0, 0.05) is 19.6 Å². The predicted molar refractivity (Wildman–Crippen MR) is 55.7 cm³/mol. The molecule has 6 heteroatoms. The van der Waals surface area contributed by atoms with Gasteiger partial charge in [-0.2, -0.15) is 0 Å². The molecule has 0 aromatic heterocycles. The Morgan fingerprint density at radius 1 is 1.33 bits per heavy atom. The smallest absolute Gasteiger partial charge is 0.317 e. The van der Waals surface area contributed by atoms with E-state index in [1.54, 1.807) is 4.90 Å². The third-order valence-corrected chi connectivity index (χ3v) is 1.90. The quantitative estimate of drug-likeness (QED) is 0.451. The fourth-order valence-corrected chi connectivity index (χ4v) is 1.12. The first-order chi connectivity index (χ1) is 6.95. The molecule has 0 aliphatic rings. The van der Waals surface area contributed by atoms with Crippen molar-refractivity contribution >= 4 is 5.97 Å². The second-order valence-electron chi connectivity index (χ2n) is 3.77. The van der Waals surface area contributed by atoms with Gasteiger partial charge in [-0.05, 0) is 14.1 Å². The van der Waals surface area contributed by atoms with Crippen LogP contribution in [0.4, 0.5) is 0 Å². The number of carbonyl (C=O) groups is 1. The summed E-state index contributed by atoms with van der Waals surface area (Å²) in [6.45, 7) is 0.974. The standard InChI is InChI=1S/C9H20N2O4/c1-10(2)3-4-11(6-9(14)15)5-8(13)7-12/h8,12-13H,3-7H2,1-2H3,(H,14,15). The van der Waals surface area contributed by atoms with Gasteiger partial charge < -0.3 is 20.2 Å². The number of aliphatic hydroxyl groups excluding tert-OH is 2. The van der Waals surface area contributed by atoms with Gasteiger partial charge >= 0.3 is 5.97 Å². The van der Waals surface area contributed by atoms with Crippen molar-refractivity contribution in [2.45, 2.75) is 6.10 Å². The van der Waals surface area contributed by atoms with Crippen LogP contribution in [0.2, 0.25) is 0 Å². The van der Waals surface area contributed by atoms with Crippen molar-refractivity contribution in [1.82, 2.24) is 9.80 Å². The Bertz CT molecular complexity index is 187. The van der Waals surface area contributed by atoms with Gasteiger partial charge in [0.25, 0.3) is 0 Å². The molecule has 0 rings (SSSR count). The zero-order chi connectivity index (χ0) is 11.8. The van der Waals surface area contributed by atoms with Gasteiger partial charge in [-0.15, -0.1) is 0 Å². The van der Waals surface area contributed by atoms with E-state index in [0.717, 1.165) is 0 Å². The molecule has 0 aliphatic carbocycles. The zero-order valence-corrected chi connectivity index (χ0v) is 9.26. The SMILES string of the molecule is CN(C)CCN(CC(=O)O)CC(O)CO. The van der Waals surface area contributed by atoms with Crippen molar-refractivity contribution < 1.29 is 20.1 Å². The van der Waals surface area contributed by atoms with Crippen molar-refractivity contribution in [1.29, 1.82) is 0 Å². The molecule has 0 saturated heterocycles. The molecule has 0 aromatic carbocycles. The lowest BCUT2D eigenvalue weighted by Gasteiger charge is -2.23. The van der Waals surface area contributed by atoms with Gasteiger partial charge in [0.15, 0.2) is 0 Å². The summed E-state index contributed by atoms with van der Waals surface area (Å²) in [7, 11) is 3.78. The van der Waals surface area contributed by atoms with Crippen LogP contribution in [-0.4, -0.2) is 84.1 Å². The number of aliphatic carboxylic acids is 1. The molecule has 6 nitrogen and oxygen atoms in total. The highest BCUT2D eigenvalue weighted by atomic mass is 16.4. The molecule has 0 amide bonds. The Morgan fingerprint density at radius 2 is 1.93 bits per heavy atom. The first-order valence-electron chi connectivity index (χ1n) is 4.83. The van der Waals surface area contributed by atoms with Gasteiger partial charge in [-0.25, -0.2) is 0 Å². The van der Waals surface area contributed by atoms with Crippen LogP contribution in [0.15, 0.2) is 0 Å². The highest BCUT2D eigenvalue weighted by Gasteiger charge is 2.13. The first kappa shape index (κ1) is 14.3. The summed E-state index contributed by atoms with van der Waals surface area (Å²) in [5.74, 6) is -0.932. The molecule has 3 N–H and O–H groups in total. The fourth-order valence-electron chi connectivity index (χ4n) is 1.12. The number of carboxylic acids is 1. The average Bonchev–Trinajstić information content (AvgIpc) is 2.13. The predicted octanol–water partition coefficient (Wildman–Crippen LogP) is -1.71. The van der Waals surface area contributed by atoms with Crippen molar-refractivity contribution in [3.8, 4) is 0 Å². The third-order valence-electron chi connectivity index (χ3n) is 1.90. The molecule has 0 bridgehead atoms. The lowest BCUT2D eigenvalue weighted by Crippen LogP contribution is -2.41. The number of likely N-dealkylation sites (N-methyl/N-ethyl adjacent to an activating group) is 1. The van der Waals surface area contributed by atoms with Crippen molar-refractivity contribution in [3.05, 3.63) is 0 Å². The van der Waals surface area contributed by atoms with E-state index in [0.29, 0.717) is 13.1 Å². The van der Waals surface area contributed by atoms with Crippen LogP contribution in [0.25, 0.3) is 0 Å². The van der Waals surface area contributed by atoms with Crippen LogP contribution in [0, 0.1) is 0 Å². The summed E-state index contributed by atoms with van der Waals surface area (Å²) in [5.41, 5.74) is 0. The second kappa shape index (κ2) is 7.58. The van der Waals surface area contributed by atoms with E-state index >= 15 is 0 Å². The van der Waals surface area contributed by atoms with Gasteiger partial charge in [0.2, 0.25) is 0 Å². The molecule has 15 heavy (non-hydrogen) atoms. The van der Waals surface area contributed by atoms with E-state index in [4.69, 9.17) is 10.2 Å². The second-order valence-corrected chi connectivity index (χ2v) is 3.77. The maximum absolute atomic E-state index is 10.5. The number of carboxylic acid groups (broad SMARTS) is 1. The number of rotatable bonds is 8. The Balaban J connectivity index is 4.00. The third kappa shape index (κ3) is 8.31. The summed E-state index contributed by atoms with van der Waals surface area (Å²) in [4.78, 5) is 14.1. The van der Waals surface area contributed by atoms with Crippen molar-refractivity contribution in [2.24, 2.45) is 0 Å². The minimum Gasteiger partial charge on any atom is -0.480 e. The molecular formula is C9H20N2O4. The Hall–Kier alpha value is -0.690. The summed E-state index contributed by atoms with van der Waals surface area (Å²) in [6.07, 6.45) is -0.883. The van der Waals surface area contributed by atoms with E-state index in [2.05, 4.69) is 0 Å². The Labute approximate surface area is 89.7 Å². The lowest BCUT2D eigenvalue weighted by atomic mass is 10.3. The van der Waals surface area contributed by atoms with Crippen LogP contribution < -0.4 is 0 Å². The number of hydrogen-bond acceptors (Lipinski definition) is 5. The van der Waals surface area contributed by atoms with Crippen LogP contribution in [0.1, 0.15) is 0 Å². The van der Waals surface area contributed by atoms with E-state index in [9.17, 15) is 9.90 Å². The molecule has 0 fully saturated rings. The minimum atomic E-state index is -0.932. The van der Waals surface area contributed by atoms with Crippen LogP contribution in [0.3, 0.4) is 0 Å². The molecule has 0 radical (unpaired) electrons. The monoisotopic (exact) mass is 220 g/mol. The molecule has 0 aromatic rings. The fraction of sp³-hybridized carbons (Fsp3) is 0.889. The van der Waals surface area contributed by atoms with Crippen molar-refractivity contribution in [3.63, 3.8) is 0 Å². The lowest BCUT2D eigenvalue weighted by molar-refractivity contribution is -0.138. The maximum atomic E-state index is 10.5. The molecule has 0 heterocycles. The highest BCUT2D eigenvalue weighted by molar-refractivity contribution is 5.69. The van der Waals surface area contributed by atoms with Gasteiger partial charge in [0.05, 0.1) is 19.3 Å². The first-order valence-corrected chi connectivity index (χ1v) is 4.83. The van der Waals surface area contributed by atoms with E-state index < -0.39 is 12.1 Å². The maximum Gasteiger partial charge on any atom is 0.317 e. The van der Waals surface area contributed by atoms with Crippen molar-refractivity contribution in [2.75, 3.05) is 46.9 Å².